The third-order valence-corrected chi connectivity index (χ3v) is 2.93. The van der Waals surface area contributed by atoms with Gasteiger partial charge < -0.3 is 5.43 Å². The number of nitrogens with zero attached hydrogens (tertiary/aromatic N) is 1. The molecular formula is C11H19N3S. The maximum atomic E-state index is 5.40. The first-order valence-electron chi connectivity index (χ1n) is 5.28. The van der Waals surface area contributed by atoms with Crippen molar-refractivity contribution in [2.75, 3.05) is 0 Å². The van der Waals surface area contributed by atoms with Crippen LogP contribution in [0.5, 0.6) is 0 Å². The van der Waals surface area contributed by atoms with Crippen LogP contribution >= 0.6 is 11.3 Å². The minimum Gasteiger partial charge on any atom is -0.312 e. The van der Waals surface area contributed by atoms with Crippen molar-refractivity contribution in [3.8, 4) is 0 Å². The van der Waals surface area contributed by atoms with Crippen LogP contribution in [-0.4, -0.2) is 11.9 Å². The van der Waals surface area contributed by atoms with Gasteiger partial charge in [-0.2, -0.15) is 0 Å². The maximum Gasteiger partial charge on any atom is 0.111 e. The lowest BCUT2D eigenvalue weighted by Gasteiger charge is -2.06. The fraction of sp³-hybridized carbons (Fsp3) is 0.545. The maximum absolute atomic E-state index is 5.40. The van der Waals surface area contributed by atoms with E-state index < -0.39 is 0 Å². The number of rotatable bonds is 5. The second-order valence-electron chi connectivity index (χ2n) is 3.75. The molecule has 0 fully saturated rings. The van der Waals surface area contributed by atoms with Gasteiger partial charge in [-0.25, -0.2) is 5.84 Å². The molecule has 84 valence electrons. The van der Waals surface area contributed by atoms with Crippen molar-refractivity contribution >= 4 is 17.2 Å². The number of hydrogen-bond donors (Lipinski definition) is 2. The zero-order valence-electron chi connectivity index (χ0n) is 9.36. The highest BCUT2D eigenvalue weighted by Gasteiger charge is 2.00. The molecule has 1 rings (SSSR count). The summed E-state index contributed by atoms with van der Waals surface area (Å²) in [6.45, 7) is 4.10. The van der Waals surface area contributed by atoms with Gasteiger partial charge in [0.15, 0.2) is 0 Å². The van der Waals surface area contributed by atoms with E-state index in [1.54, 1.807) is 11.3 Å². The van der Waals surface area contributed by atoms with Crippen LogP contribution in [0.3, 0.4) is 0 Å². The lowest BCUT2D eigenvalue weighted by atomic mass is 10.2. The first kappa shape index (κ1) is 12.2. The summed E-state index contributed by atoms with van der Waals surface area (Å²) in [5.41, 5.74) is 2.67. The number of nitrogens with two attached hydrogens (primary N) is 1. The number of hydrazine groups is 1. The van der Waals surface area contributed by atoms with E-state index in [2.05, 4.69) is 41.8 Å². The summed E-state index contributed by atoms with van der Waals surface area (Å²) in [5, 5.41) is 2.11. The van der Waals surface area contributed by atoms with Gasteiger partial charge >= 0.3 is 0 Å². The van der Waals surface area contributed by atoms with Crippen molar-refractivity contribution in [2.24, 2.45) is 10.8 Å². The lowest BCUT2D eigenvalue weighted by molar-refractivity contribution is 0.782. The average Bonchev–Trinajstić information content (AvgIpc) is 2.68. The van der Waals surface area contributed by atoms with Gasteiger partial charge in [0, 0.05) is 17.3 Å². The number of amidine groups is 1. The molecule has 0 unspecified atom stereocenters. The largest absolute Gasteiger partial charge is 0.312 e. The van der Waals surface area contributed by atoms with Crippen molar-refractivity contribution in [1.29, 1.82) is 0 Å². The second-order valence-corrected chi connectivity index (χ2v) is 4.78. The molecule has 1 aromatic rings. The lowest BCUT2D eigenvalue weighted by Crippen LogP contribution is -2.31. The zero-order valence-corrected chi connectivity index (χ0v) is 10.2. The number of thiophene rings is 1. The Balaban J connectivity index is 2.29. The second kappa shape index (κ2) is 6.58. The van der Waals surface area contributed by atoms with Crippen LogP contribution in [0.1, 0.15) is 31.6 Å². The first-order chi connectivity index (χ1) is 7.22. The number of nitrogens with one attached hydrogen (secondary N) is 1. The molecule has 0 bridgehead atoms. The van der Waals surface area contributed by atoms with E-state index in [0.29, 0.717) is 6.04 Å². The van der Waals surface area contributed by atoms with Gasteiger partial charge in [-0.1, -0.05) is 6.07 Å². The van der Waals surface area contributed by atoms with E-state index in [0.717, 1.165) is 25.1 Å². The molecule has 0 aliphatic rings. The van der Waals surface area contributed by atoms with Crippen LogP contribution in [-0.2, 0) is 6.42 Å². The fourth-order valence-corrected chi connectivity index (χ4v) is 2.12. The number of hydrogen-bond acceptors (Lipinski definition) is 3. The third kappa shape index (κ3) is 4.95. The molecule has 0 radical (unpaired) electrons. The van der Waals surface area contributed by atoms with Crippen molar-refractivity contribution < 1.29 is 0 Å². The highest BCUT2D eigenvalue weighted by molar-refractivity contribution is 7.09. The molecule has 0 spiro atoms. The standard InChI is InChI=1S/C11H19N3S/c1-9(2)13-11(14-12)7-3-5-10-6-4-8-15-10/h4,6,8-9H,3,5,7,12H2,1-2H3,(H,13,14). The summed E-state index contributed by atoms with van der Waals surface area (Å²) >= 11 is 1.80. The van der Waals surface area contributed by atoms with E-state index in [1.165, 1.54) is 4.88 Å². The zero-order chi connectivity index (χ0) is 11.1. The van der Waals surface area contributed by atoms with E-state index in [9.17, 15) is 0 Å². The molecule has 0 aliphatic carbocycles. The molecule has 3 nitrogen and oxygen atoms in total. The molecule has 0 aromatic carbocycles. The summed E-state index contributed by atoms with van der Waals surface area (Å²) in [6.07, 6.45) is 3.12. The van der Waals surface area contributed by atoms with Gasteiger partial charge in [0.05, 0.1) is 0 Å². The predicted molar refractivity (Wildman–Crippen MR) is 67.2 cm³/mol. The monoisotopic (exact) mass is 225 g/mol. The molecule has 3 N–H and O–H groups in total. The Morgan fingerprint density at radius 2 is 2.40 bits per heavy atom. The Labute approximate surface area is 95.4 Å². The molecule has 4 heteroatoms. The molecule has 0 atom stereocenters. The van der Waals surface area contributed by atoms with Crippen LogP contribution in [0, 0.1) is 0 Å². The van der Waals surface area contributed by atoms with Crippen molar-refractivity contribution in [3.05, 3.63) is 22.4 Å². The molecular weight excluding hydrogens is 206 g/mol. The number of aliphatic imine (C=N–C) groups is 1. The molecule has 0 saturated heterocycles. The fourth-order valence-electron chi connectivity index (χ4n) is 1.37. The van der Waals surface area contributed by atoms with Crippen LogP contribution in [0.15, 0.2) is 22.5 Å². The molecule has 0 aliphatic heterocycles. The number of aryl methyl sites for hydroxylation is 1. The van der Waals surface area contributed by atoms with E-state index in [-0.39, 0.29) is 0 Å². The average molecular weight is 225 g/mol. The van der Waals surface area contributed by atoms with Gasteiger partial charge in [-0.15, -0.1) is 11.3 Å². The topological polar surface area (TPSA) is 50.4 Å². The van der Waals surface area contributed by atoms with E-state index in [4.69, 9.17) is 5.84 Å². The molecule has 15 heavy (non-hydrogen) atoms. The first-order valence-corrected chi connectivity index (χ1v) is 6.16. The SMILES string of the molecule is CC(C)N=C(CCCc1cccs1)NN. The highest BCUT2D eigenvalue weighted by atomic mass is 32.1. The van der Waals surface area contributed by atoms with Crippen molar-refractivity contribution in [3.63, 3.8) is 0 Å². The smallest absolute Gasteiger partial charge is 0.111 e. The molecule has 0 amide bonds. The Hall–Kier alpha value is -0.870. The van der Waals surface area contributed by atoms with Crippen LogP contribution in [0.25, 0.3) is 0 Å². The van der Waals surface area contributed by atoms with E-state index in [1.807, 2.05) is 0 Å². The minimum absolute atomic E-state index is 0.304. The van der Waals surface area contributed by atoms with Gasteiger partial charge in [0.25, 0.3) is 0 Å². The minimum atomic E-state index is 0.304. The summed E-state index contributed by atoms with van der Waals surface area (Å²) in [4.78, 5) is 5.82. The summed E-state index contributed by atoms with van der Waals surface area (Å²) in [6, 6.07) is 4.56. The Kier molecular flexibility index (Phi) is 5.36. The summed E-state index contributed by atoms with van der Waals surface area (Å²) < 4.78 is 0. The van der Waals surface area contributed by atoms with Crippen LogP contribution < -0.4 is 11.3 Å². The van der Waals surface area contributed by atoms with Crippen LogP contribution in [0.2, 0.25) is 0 Å². The van der Waals surface area contributed by atoms with Gasteiger partial charge in [-0.3, -0.25) is 4.99 Å². The van der Waals surface area contributed by atoms with Crippen molar-refractivity contribution in [1.82, 2.24) is 5.43 Å². The van der Waals surface area contributed by atoms with Crippen LogP contribution in [0.4, 0.5) is 0 Å². The molecule has 1 aromatic heterocycles. The van der Waals surface area contributed by atoms with Gasteiger partial charge in [0.1, 0.15) is 5.84 Å². The van der Waals surface area contributed by atoms with Gasteiger partial charge in [-0.05, 0) is 38.1 Å². The quantitative estimate of drug-likeness (QED) is 0.350. The van der Waals surface area contributed by atoms with Crippen molar-refractivity contribution in [2.45, 2.75) is 39.2 Å². The molecule has 0 saturated carbocycles. The van der Waals surface area contributed by atoms with E-state index >= 15 is 0 Å². The summed E-state index contributed by atoms with van der Waals surface area (Å²) in [5.74, 6) is 6.31. The van der Waals surface area contributed by atoms with Gasteiger partial charge in [0.2, 0.25) is 0 Å². The highest BCUT2D eigenvalue weighted by Crippen LogP contribution is 2.12. The normalized spacial score (nSPS) is 12.1. The Morgan fingerprint density at radius 3 is 2.93 bits per heavy atom. The third-order valence-electron chi connectivity index (χ3n) is 2.00. The predicted octanol–water partition coefficient (Wildman–Crippen LogP) is 2.34. The Bertz CT molecular complexity index is 291. The summed E-state index contributed by atoms with van der Waals surface area (Å²) in [7, 11) is 0. The Morgan fingerprint density at radius 1 is 1.60 bits per heavy atom. The molecule has 1 heterocycles.